The average Bonchev–Trinajstić information content (AvgIpc) is 3.39. The van der Waals surface area contributed by atoms with Crippen LogP contribution in [0.1, 0.15) is 45.2 Å². The SMILES string of the molecule is C/C=C(\C)C(=O)Oc1cc(C)c(OC)cc1[C@]1(COC(=O)CC(C)C)CO1. The van der Waals surface area contributed by atoms with Crippen LogP contribution in [0.2, 0.25) is 0 Å². The van der Waals surface area contributed by atoms with Crippen molar-refractivity contribution in [2.24, 2.45) is 5.92 Å². The predicted molar refractivity (Wildman–Crippen MR) is 101 cm³/mol. The fourth-order valence-electron chi connectivity index (χ4n) is 2.61. The van der Waals surface area contributed by atoms with E-state index in [4.69, 9.17) is 18.9 Å². The molecule has 6 heteroatoms. The Hall–Kier alpha value is -2.34. The van der Waals surface area contributed by atoms with Gasteiger partial charge >= 0.3 is 11.9 Å². The number of rotatable bonds is 8. The molecule has 1 aromatic rings. The summed E-state index contributed by atoms with van der Waals surface area (Å²) < 4.78 is 22.1. The van der Waals surface area contributed by atoms with Crippen LogP contribution >= 0.6 is 0 Å². The van der Waals surface area contributed by atoms with Gasteiger partial charge in [0.15, 0.2) is 5.60 Å². The second-order valence-corrected chi connectivity index (χ2v) is 7.22. The Bertz CT molecular complexity index is 743. The van der Waals surface area contributed by atoms with E-state index in [1.54, 1.807) is 39.2 Å². The molecule has 0 bridgehead atoms. The molecule has 1 aromatic carbocycles. The van der Waals surface area contributed by atoms with Crippen molar-refractivity contribution in [3.05, 3.63) is 34.9 Å². The number of epoxide rings is 1. The zero-order valence-electron chi connectivity index (χ0n) is 16.9. The number of benzene rings is 1. The zero-order valence-corrected chi connectivity index (χ0v) is 16.9. The molecule has 2 rings (SSSR count). The van der Waals surface area contributed by atoms with Crippen molar-refractivity contribution in [2.45, 2.75) is 46.6 Å². The van der Waals surface area contributed by atoms with Crippen LogP contribution in [0.5, 0.6) is 11.5 Å². The Labute approximate surface area is 160 Å². The molecule has 148 valence electrons. The summed E-state index contributed by atoms with van der Waals surface area (Å²) >= 11 is 0. The lowest BCUT2D eigenvalue weighted by molar-refractivity contribution is -0.146. The monoisotopic (exact) mass is 376 g/mol. The predicted octanol–water partition coefficient (Wildman–Crippen LogP) is 3.69. The summed E-state index contributed by atoms with van der Waals surface area (Å²) in [6.45, 7) is 9.68. The first-order chi connectivity index (χ1) is 12.7. The van der Waals surface area contributed by atoms with Crippen LogP contribution in [0, 0.1) is 12.8 Å². The van der Waals surface area contributed by atoms with Crippen LogP contribution in [-0.2, 0) is 24.7 Å². The van der Waals surface area contributed by atoms with Gasteiger partial charge in [-0.1, -0.05) is 19.9 Å². The number of aryl methyl sites for hydroxylation is 1. The lowest BCUT2D eigenvalue weighted by atomic mass is 9.97. The normalized spacial score (nSPS) is 19.0. The summed E-state index contributed by atoms with van der Waals surface area (Å²) in [6.07, 6.45) is 2.03. The van der Waals surface area contributed by atoms with E-state index in [0.717, 1.165) is 5.56 Å². The van der Waals surface area contributed by atoms with Crippen LogP contribution in [0.25, 0.3) is 0 Å². The molecule has 1 heterocycles. The van der Waals surface area contributed by atoms with Gasteiger partial charge in [0.2, 0.25) is 0 Å². The van der Waals surface area contributed by atoms with Crippen molar-refractivity contribution in [1.82, 2.24) is 0 Å². The smallest absolute Gasteiger partial charge is 0.338 e. The van der Waals surface area contributed by atoms with Gasteiger partial charge < -0.3 is 18.9 Å². The van der Waals surface area contributed by atoms with Gasteiger partial charge in [0.05, 0.1) is 13.7 Å². The number of allylic oxidation sites excluding steroid dienone is 1. The maximum absolute atomic E-state index is 12.2. The Morgan fingerprint density at radius 1 is 1.30 bits per heavy atom. The summed E-state index contributed by atoms with van der Waals surface area (Å²) in [7, 11) is 1.57. The van der Waals surface area contributed by atoms with E-state index in [-0.39, 0.29) is 18.5 Å². The van der Waals surface area contributed by atoms with E-state index in [0.29, 0.717) is 35.7 Å². The van der Waals surface area contributed by atoms with Gasteiger partial charge in [-0.15, -0.1) is 0 Å². The topological polar surface area (TPSA) is 74.4 Å². The van der Waals surface area contributed by atoms with E-state index < -0.39 is 11.6 Å². The zero-order chi connectivity index (χ0) is 20.2. The van der Waals surface area contributed by atoms with Gasteiger partial charge in [0.25, 0.3) is 0 Å². The number of hydrogen-bond donors (Lipinski definition) is 0. The lowest BCUT2D eigenvalue weighted by Gasteiger charge is -2.19. The van der Waals surface area contributed by atoms with E-state index >= 15 is 0 Å². The van der Waals surface area contributed by atoms with Crippen molar-refractivity contribution in [1.29, 1.82) is 0 Å². The van der Waals surface area contributed by atoms with E-state index in [1.165, 1.54) is 0 Å². The molecule has 1 aliphatic heterocycles. The molecule has 6 nitrogen and oxygen atoms in total. The molecule has 1 atom stereocenters. The third kappa shape index (κ3) is 5.10. The molecule has 0 radical (unpaired) electrons. The van der Waals surface area contributed by atoms with Crippen molar-refractivity contribution in [3.63, 3.8) is 0 Å². The number of carbonyl (C=O) groups is 2. The fourth-order valence-corrected chi connectivity index (χ4v) is 2.61. The highest BCUT2D eigenvalue weighted by atomic mass is 16.6. The van der Waals surface area contributed by atoms with Gasteiger partial charge in [-0.25, -0.2) is 4.79 Å². The Kier molecular flexibility index (Phi) is 6.65. The van der Waals surface area contributed by atoms with Gasteiger partial charge in [-0.2, -0.15) is 0 Å². The number of carbonyl (C=O) groups excluding carboxylic acids is 2. The molecule has 1 saturated heterocycles. The summed E-state index contributed by atoms with van der Waals surface area (Å²) in [5.41, 5.74) is 1.16. The summed E-state index contributed by atoms with van der Waals surface area (Å²) in [5.74, 6) is 0.541. The van der Waals surface area contributed by atoms with Crippen LogP contribution in [0.15, 0.2) is 23.8 Å². The first-order valence-electron chi connectivity index (χ1n) is 9.06. The third-order valence-corrected chi connectivity index (χ3v) is 4.48. The molecule has 0 aromatic heterocycles. The van der Waals surface area contributed by atoms with Crippen molar-refractivity contribution < 1.29 is 28.5 Å². The van der Waals surface area contributed by atoms with E-state index in [1.807, 2.05) is 20.8 Å². The highest BCUT2D eigenvalue weighted by molar-refractivity contribution is 5.89. The van der Waals surface area contributed by atoms with Crippen LogP contribution in [0.4, 0.5) is 0 Å². The molecule has 0 spiro atoms. The fraction of sp³-hybridized carbons (Fsp3) is 0.524. The number of ether oxygens (including phenoxy) is 4. The summed E-state index contributed by atoms with van der Waals surface area (Å²) in [4.78, 5) is 24.2. The Balaban J connectivity index is 2.30. The minimum absolute atomic E-state index is 0.0674. The van der Waals surface area contributed by atoms with Gasteiger partial charge in [-0.3, -0.25) is 4.79 Å². The van der Waals surface area contributed by atoms with Gasteiger partial charge in [0, 0.05) is 17.6 Å². The molecule has 0 saturated carbocycles. The first kappa shape index (κ1) is 21.0. The minimum atomic E-state index is -0.812. The molecule has 0 unspecified atom stereocenters. The van der Waals surface area contributed by atoms with Crippen LogP contribution in [0.3, 0.4) is 0 Å². The highest BCUT2D eigenvalue weighted by Gasteiger charge is 2.50. The molecular weight excluding hydrogens is 348 g/mol. The molecule has 0 aliphatic carbocycles. The molecule has 0 N–H and O–H groups in total. The maximum atomic E-state index is 12.2. The van der Waals surface area contributed by atoms with E-state index in [2.05, 4.69) is 0 Å². The first-order valence-corrected chi connectivity index (χ1v) is 9.06. The average molecular weight is 376 g/mol. The van der Waals surface area contributed by atoms with Gasteiger partial charge in [-0.05, 0) is 44.4 Å². The number of hydrogen-bond acceptors (Lipinski definition) is 6. The summed E-state index contributed by atoms with van der Waals surface area (Å²) in [6, 6.07) is 3.53. The molecule has 1 fully saturated rings. The Morgan fingerprint density at radius 3 is 2.48 bits per heavy atom. The Morgan fingerprint density at radius 2 is 1.96 bits per heavy atom. The number of esters is 2. The molecule has 1 aliphatic rings. The second kappa shape index (κ2) is 8.57. The molecule has 0 amide bonds. The van der Waals surface area contributed by atoms with Crippen molar-refractivity contribution in [2.75, 3.05) is 20.3 Å². The third-order valence-electron chi connectivity index (χ3n) is 4.48. The number of methoxy groups -OCH3 is 1. The summed E-state index contributed by atoms with van der Waals surface area (Å²) in [5, 5.41) is 0. The molecule has 27 heavy (non-hydrogen) atoms. The van der Waals surface area contributed by atoms with Crippen LogP contribution < -0.4 is 9.47 Å². The highest BCUT2D eigenvalue weighted by Crippen LogP contribution is 2.46. The largest absolute Gasteiger partial charge is 0.496 e. The standard InChI is InChI=1S/C21H28O6/c1-7-14(4)20(23)27-18-9-15(5)17(24-6)10-16(18)21(12-26-21)11-25-19(22)8-13(2)3/h7,9-10,13H,8,11-12H2,1-6H3/b14-7+/t21-/m0/s1. The second-order valence-electron chi connectivity index (χ2n) is 7.22. The van der Waals surface area contributed by atoms with Crippen molar-refractivity contribution >= 4 is 11.9 Å². The van der Waals surface area contributed by atoms with E-state index in [9.17, 15) is 9.59 Å². The van der Waals surface area contributed by atoms with Crippen molar-refractivity contribution in [3.8, 4) is 11.5 Å². The van der Waals surface area contributed by atoms with Gasteiger partial charge in [0.1, 0.15) is 18.1 Å². The van der Waals surface area contributed by atoms with Crippen LogP contribution in [-0.4, -0.2) is 32.3 Å². The molecular formula is C21H28O6. The quantitative estimate of drug-likeness (QED) is 0.298. The lowest BCUT2D eigenvalue weighted by Crippen LogP contribution is -2.23. The maximum Gasteiger partial charge on any atom is 0.338 e. The minimum Gasteiger partial charge on any atom is -0.496 e.